The van der Waals surface area contributed by atoms with Gasteiger partial charge < -0.3 is 5.73 Å². The molecule has 0 fully saturated rings. The Labute approximate surface area is 96.3 Å². The Hall–Kier alpha value is -0.900. The van der Waals surface area contributed by atoms with Gasteiger partial charge in [0.15, 0.2) is 0 Å². The van der Waals surface area contributed by atoms with Crippen LogP contribution in [-0.2, 0) is 0 Å². The zero-order valence-electron chi connectivity index (χ0n) is 7.78. The van der Waals surface area contributed by atoms with Crippen molar-refractivity contribution in [2.75, 3.05) is 0 Å². The average molecular weight is 242 g/mol. The van der Waals surface area contributed by atoms with Crippen LogP contribution in [0.2, 0.25) is 5.02 Å². The molecule has 0 radical (unpaired) electrons. The van der Waals surface area contributed by atoms with E-state index in [1.54, 1.807) is 12.1 Å². The molecule has 0 spiro atoms. The summed E-state index contributed by atoms with van der Waals surface area (Å²) in [6.45, 7) is 0. The Kier molecular flexibility index (Phi) is 3.05. The van der Waals surface area contributed by atoms with Crippen molar-refractivity contribution in [3.8, 4) is 0 Å². The fraction of sp³-hybridized carbons (Fsp3) is 0.0909. The van der Waals surface area contributed by atoms with E-state index in [1.807, 2.05) is 16.8 Å². The molecule has 0 aliphatic heterocycles. The van der Waals surface area contributed by atoms with Gasteiger partial charge in [0.2, 0.25) is 0 Å². The topological polar surface area (TPSA) is 26.0 Å². The van der Waals surface area contributed by atoms with Gasteiger partial charge in [0.1, 0.15) is 5.82 Å². The van der Waals surface area contributed by atoms with Gasteiger partial charge in [0.05, 0.1) is 6.04 Å². The molecule has 0 aliphatic carbocycles. The minimum absolute atomic E-state index is 0.359. The Balaban J connectivity index is 2.46. The summed E-state index contributed by atoms with van der Waals surface area (Å²) in [5, 5.41) is 4.17. The van der Waals surface area contributed by atoms with Crippen LogP contribution >= 0.6 is 22.9 Å². The van der Waals surface area contributed by atoms with Gasteiger partial charge in [-0.2, -0.15) is 11.3 Å². The van der Waals surface area contributed by atoms with E-state index in [9.17, 15) is 4.39 Å². The quantitative estimate of drug-likeness (QED) is 0.855. The summed E-state index contributed by atoms with van der Waals surface area (Å²) in [6.07, 6.45) is 0. The summed E-state index contributed by atoms with van der Waals surface area (Å²) in [5.41, 5.74) is 7.18. The normalized spacial score (nSPS) is 12.7. The van der Waals surface area contributed by atoms with E-state index in [4.69, 9.17) is 17.3 Å². The molecule has 0 unspecified atom stereocenters. The predicted molar refractivity (Wildman–Crippen MR) is 61.8 cm³/mol. The molecule has 2 aromatic rings. The molecule has 0 amide bonds. The first-order chi connectivity index (χ1) is 7.20. The molecule has 2 rings (SSSR count). The van der Waals surface area contributed by atoms with Gasteiger partial charge in [-0.05, 0) is 34.5 Å². The van der Waals surface area contributed by atoms with Crippen LogP contribution in [-0.4, -0.2) is 0 Å². The monoisotopic (exact) mass is 241 g/mol. The molecule has 0 saturated carbocycles. The lowest BCUT2D eigenvalue weighted by Crippen LogP contribution is -2.13. The molecule has 1 aromatic carbocycles. The van der Waals surface area contributed by atoms with E-state index in [0.717, 1.165) is 5.56 Å². The van der Waals surface area contributed by atoms with E-state index in [2.05, 4.69) is 0 Å². The summed E-state index contributed by atoms with van der Waals surface area (Å²) in [7, 11) is 0. The van der Waals surface area contributed by atoms with Crippen LogP contribution in [0.4, 0.5) is 4.39 Å². The zero-order chi connectivity index (χ0) is 10.8. The molecular weight excluding hydrogens is 233 g/mol. The number of halogens is 2. The molecule has 78 valence electrons. The second-order valence-electron chi connectivity index (χ2n) is 3.17. The molecule has 2 N–H and O–H groups in total. The van der Waals surface area contributed by atoms with Crippen LogP contribution in [0.15, 0.2) is 35.0 Å². The van der Waals surface area contributed by atoms with Crippen molar-refractivity contribution in [3.63, 3.8) is 0 Å². The van der Waals surface area contributed by atoms with Crippen LogP contribution in [0, 0.1) is 5.82 Å². The van der Waals surface area contributed by atoms with Gasteiger partial charge in [-0.1, -0.05) is 17.7 Å². The Bertz CT molecular complexity index is 435. The van der Waals surface area contributed by atoms with Crippen LogP contribution < -0.4 is 5.73 Å². The van der Waals surface area contributed by atoms with Crippen LogP contribution in [0.1, 0.15) is 17.2 Å². The summed E-state index contributed by atoms with van der Waals surface area (Å²) < 4.78 is 13.5. The third-order valence-electron chi connectivity index (χ3n) is 2.21. The average Bonchev–Trinajstić information content (AvgIpc) is 2.69. The first kappa shape index (κ1) is 10.6. The largest absolute Gasteiger partial charge is 0.320 e. The number of hydrogen-bond donors (Lipinski definition) is 1. The lowest BCUT2D eigenvalue weighted by molar-refractivity contribution is 0.600. The summed E-state index contributed by atoms with van der Waals surface area (Å²) in [5.74, 6) is -0.360. The zero-order valence-corrected chi connectivity index (χ0v) is 9.36. The van der Waals surface area contributed by atoms with Gasteiger partial charge >= 0.3 is 0 Å². The Morgan fingerprint density at radius 1 is 1.33 bits per heavy atom. The molecule has 0 aliphatic rings. The molecule has 1 nitrogen and oxygen atoms in total. The van der Waals surface area contributed by atoms with Gasteiger partial charge in [-0.15, -0.1) is 0 Å². The molecular formula is C11H9ClFNS. The third kappa shape index (κ3) is 2.04. The molecule has 1 atom stereocenters. The fourth-order valence-electron chi connectivity index (χ4n) is 1.43. The lowest BCUT2D eigenvalue weighted by atomic mass is 10.0. The molecule has 4 heteroatoms. The number of benzene rings is 1. The highest BCUT2D eigenvalue weighted by Crippen LogP contribution is 2.29. The van der Waals surface area contributed by atoms with Gasteiger partial charge in [-0.25, -0.2) is 4.39 Å². The first-order valence-electron chi connectivity index (χ1n) is 4.41. The van der Waals surface area contributed by atoms with Gasteiger partial charge in [0.25, 0.3) is 0 Å². The van der Waals surface area contributed by atoms with Crippen LogP contribution in [0.5, 0.6) is 0 Å². The number of hydrogen-bond acceptors (Lipinski definition) is 2. The number of rotatable bonds is 2. The van der Waals surface area contributed by atoms with Gasteiger partial charge in [0, 0.05) is 10.6 Å². The maximum Gasteiger partial charge on any atom is 0.129 e. The van der Waals surface area contributed by atoms with Crippen molar-refractivity contribution in [1.82, 2.24) is 0 Å². The lowest BCUT2D eigenvalue weighted by Gasteiger charge is -2.13. The highest BCUT2D eigenvalue weighted by molar-refractivity contribution is 7.08. The van der Waals surface area contributed by atoms with Crippen molar-refractivity contribution in [2.24, 2.45) is 5.73 Å². The van der Waals surface area contributed by atoms with Crippen molar-refractivity contribution in [1.29, 1.82) is 0 Å². The highest BCUT2D eigenvalue weighted by atomic mass is 35.5. The van der Waals surface area contributed by atoms with Crippen LogP contribution in [0.3, 0.4) is 0 Å². The molecule has 1 aromatic heterocycles. The fourth-order valence-corrected chi connectivity index (χ4v) is 2.40. The molecule has 1 heterocycles. The summed E-state index contributed by atoms with van der Waals surface area (Å²) >= 11 is 7.45. The SMILES string of the molecule is N[C@H](c1ccsc1)c1c(F)cccc1Cl. The minimum Gasteiger partial charge on any atom is -0.320 e. The maximum absolute atomic E-state index is 13.5. The second-order valence-corrected chi connectivity index (χ2v) is 4.36. The van der Waals surface area contributed by atoms with E-state index in [-0.39, 0.29) is 5.82 Å². The predicted octanol–water partition coefficient (Wildman–Crippen LogP) is 3.59. The smallest absolute Gasteiger partial charge is 0.129 e. The number of thiophene rings is 1. The third-order valence-corrected chi connectivity index (χ3v) is 3.24. The van der Waals surface area contributed by atoms with Crippen molar-refractivity contribution in [2.45, 2.75) is 6.04 Å². The molecule has 0 bridgehead atoms. The highest BCUT2D eigenvalue weighted by Gasteiger charge is 2.16. The minimum atomic E-state index is -0.495. The Morgan fingerprint density at radius 3 is 2.73 bits per heavy atom. The number of nitrogens with two attached hydrogens (primary N) is 1. The van der Waals surface area contributed by atoms with E-state index in [1.165, 1.54) is 17.4 Å². The summed E-state index contributed by atoms with van der Waals surface area (Å²) in [6, 6.07) is 5.96. The van der Waals surface area contributed by atoms with Gasteiger partial charge in [-0.3, -0.25) is 0 Å². The molecule has 15 heavy (non-hydrogen) atoms. The van der Waals surface area contributed by atoms with Crippen molar-refractivity contribution in [3.05, 3.63) is 57.0 Å². The standard InChI is InChI=1S/C11H9ClFNS/c12-8-2-1-3-9(13)10(8)11(14)7-4-5-15-6-7/h1-6,11H,14H2/t11-/m1/s1. The van der Waals surface area contributed by atoms with Crippen molar-refractivity contribution >= 4 is 22.9 Å². The summed E-state index contributed by atoms with van der Waals surface area (Å²) in [4.78, 5) is 0. The van der Waals surface area contributed by atoms with Crippen LogP contribution in [0.25, 0.3) is 0 Å². The first-order valence-corrected chi connectivity index (χ1v) is 5.74. The second kappa shape index (κ2) is 4.31. The Morgan fingerprint density at radius 2 is 2.13 bits per heavy atom. The molecule has 0 saturated heterocycles. The maximum atomic E-state index is 13.5. The van der Waals surface area contributed by atoms with E-state index < -0.39 is 6.04 Å². The van der Waals surface area contributed by atoms with Crippen molar-refractivity contribution < 1.29 is 4.39 Å². The van der Waals surface area contributed by atoms with E-state index >= 15 is 0 Å². The van der Waals surface area contributed by atoms with E-state index in [0.29, 0.717) is 10.6 Å².